The molecule has 0 aliphatic rings. The Hall–Kier alpha value is -2.28. The van der Waals surface area contributed by atoms with Crippen molar-refractivity contribution in [1.82, 2.24) is 9.99 Å². The molecule has 2 aromatic carbocycles. The number of hydrogen-bond acceptors (Lipinski definition) is 3. The van der Waals surface area contributed by atoms with Gasteiger partial charge in [-0.1, -0.05) is 39.1 Å². The maximum Gasteiger partial charge on any atom is 0.275 e. The third kappa shape index (κ3) is 4.83. The largest absolute Gasteiger partial charge is 0.496 e. The number of carbonyl (C=O) groups is 1. The van der Waals surface area contributed by atoms with Gasteiger partial charge in [0.1, 0.15) is 5.75 Å². The van der Waals surface area contributed by atoms with Gasteiger partial charge < -0.3 is 9.30 Å². The van der Waals surface area contributed by atoms with E-state index in [2.05, 4.69) is 26.5 Å². The van der Waals surface area contributed by atoms with Gasteiger partial charge in [-0.25, -0.2) is 5.43 Å². The molecule has 3 rings (SSSR count). The SMILES string of the molecule is COc1ccc(Br)cc1C(=O)N/N=C\c1cc(C)n(-c2cc(Cl)cc(Cl)c2)c1C. The summed E-state index contributed by atoms with van der Waals surface area (Å²) in [5, 5.41) is 5.23. The van der Waals surface area contributed by atoms with Crippen LogP contribution in [-0.2, 0) is 0 Å². The first-order valence-electron chi connectivity index (χ1n) is 8.62. The van der Waals surface area contributed by atoms with Crippen molar-refractivity contribution in [1.29, 1.82) is 0 Å². The molecule has 0 atom stereocenters. The molecule has 5 nitrogen and oxygen atoms in total. The fraction of sp³-hybridized carbons (Fsp3) is 0.143. The van der Waals surface area contributed by atoms with Crippen LogP contribution < -0.4 is 10.2 Å². The Kier molecular flexibility index (Phi) is 6.67. The second-order valence-corrected chi connectivity index (χ2v) is 8.12. The van der Waals surface area contributed by atoms with Crippen LogP contribution in [-0.4, -0.2) is 23.8 Å². The average molecular weight is 495 g/mol. The van der Waals surface area contributed by atoms with Gasteiger partial charge in [0.2, 0.25) is 0 Å². The Balaban J connectivity index is 1.84. The molecule has 0 aliphatic heterocycles. The van der Waals surface area contributed by atoms with Crippen LogP contribution in [0.4, 0.5) is 0 Å². The molecule has 0 spiro atoms. The molecule has 3 aromatic rings. The van der Waals surface area contributed by atoms with Gasteiger partial charge in [0, 0.05) is 37.2 Å². The summed E-state index contributed by atoms with van der Waals surface area (Å²) in [4.78, 5) is 12.5. The molecule has 0 aliphatic carbocycles. The lowest BCUT2D eigenvalue weighted by atomic mass is 10.2. The molecule has 1 aromatic heterocycles. The molecule has 150 valence electrons. The number of amides is 1. The zero-order valence-electron chi connectivity index (χ0n) is 16.0. The number of hydrogen-bond donors (Lipinski definition) is 1. The lowest BCUT2D eigenvalue weighted by Crippen LogP contribution is -2.18. The van der Waals surface area contributed by atoms with Crippen LogP contribution in [0.1, 0.15) is 27.3 Å². The van der Waals surface area contributed by atoms with Gasteiger partial charge in [0.25, 0.3) is 5.91 Å². The van der Waals surface area contributed by atoms with Crippen molar-refractivity contribution in [3.05, 3.63) is 79.5 Å². The number of aromatic nitrogens is 1. The third-order valence-corrected chi connectivity index (χ3v) is 5.28. The first kappa shape index (κ1) is 21.4. The van der Waals surface area contributed by atoms with E-state index in [0.717, 1.165) is 27.1 Å². The number of nitrogens with one attached hydrogen (secondary N) is 1. The van der Waals surface area contributed by atoms with Gasteiger partial charge in [-0.05, 0) is 56.3 Å². The second kappa shape index (κ2) is 9.03. The highest BCUT2D eigenvalue weighted by Crippen LogP contribution is 2.26. The molecule has 29 heavy (non-hydrogen) atoms. The summed E-state index contributed by atoms with van der Waals surface area (Å²) < 4.78 is 8.03. The van der Waals surface area contributed by atoms with Gasteiger partial charge in [-0.2, -0.15) is 5.10 Å². The van der Waals surface area contributed by atoms with Crippen molar-refractivity contribution < 1.29 is 9.53 Å². The van der Waals surface area contributed by atoms with Gasteiger partial charge in [0.15, 0.2) is 0 Å². The number of ether oxygens (including phenoxy) is 1. The molecule has 1 heterocycles. The smallest absolute Gasteiger partial charge is 0.275 e. The Morgan fingerprint density at radius 2 is 1.83 bits per heavy atom. The predicted molar refractivity (Wildman–Crippen MR) is 121 cm³/mol. The van der Waals surface area contributed by atoms with Crippen LogP contribution in [0.15, 0.2) is 52.0 Å². The molecule has 0 bridgehead atoms. The number of aryl methyl sites for hydroxylation is 1. The number of benzene rings is 2. The molecule has 1 amide bonds. The van der Waals surface area contributed by atoms with Crippen molar-refractivity contribution in [3.8, 4) is 11.4 Å². The van der Waals surface area contributed by atoms with E-state index in [1.165, 1.54) is 7.11 Å². The zero-order valence-corrected chi connectivity index (χ0v) is 19.1. The molecule has 0 fully saturated rings. The standard InChI is InChI=1S/C21H18BrCl2N3O2/c1-12-6-14(13(2)27(12)18-9-16(23)8-17(24)10-18)11-25-26-21(28)19-7-15(22)4-5-20(19)29-3/h4-11H,1-3H3,(H,26,28)/b25-11-. The summed E-state index contributed by atoms with van der Waals surface area (Å²) in [5.74, 6) is 0.103. The van der Waals surface area contributed by atoms with Crippen molar-refractivity contribution in [2.45, 2.75) is 13.8 Å². The van der Waals surface area contributed by atoms with Crippen molar-refractivity contribution in [3.63, 3.8) is 0 Å². The topological polar surface area (TPSA) is 55.6 Å². The Morgan fingerprint density at radius 3 is 2.48 bits per heavy atom. The fourth-order valence-electron chi connectivity index (χ4n) is 3.06. The minimum atomic E-state index is -0.366. The summed E-state index contributed by atoms with van der Waals surface area (Å²) in [6.45, 7) is 3.94. The Morgan fingerprint density at radius 1 is 1.14 bits per heavy atom. The van der Waals surface area contributed by atoms with Gasteiger partial charge >= 0.3 is 0 Å². The van der Waals surface area contributed by atoms with Crippen LogP contribution in [0.25, 0.3) is 5.69 Å². The highest BCUT2D eigenvalue weighted by molar-refractivity contribution is 9.10. The van der Waals surface area contributed by atoms with Gasteiger partial charge in [-0.15, -0.1) is 0 Å². The van der Waals surface area contributed by atoms with Crippen LogP contribution >= 0.6 is 39.1 Å². The molecular formula is C21H18BrCl2N3O2. The minimum Gasteiger partial charge on any atom is -0.496 e. The van der Waals surface area contributed by atoms with E-state index < -0.39 is 0 Å². The Bertz CT molecular complexity index is 1090. The maximum absolute atomic E-state index is 12.5. The van der Waals surface area contributed by atoms with E-state index in [9.17, 15) is 4.79 Å². The van der Waals surface area contributed by atoms with Crippen LogP contribution in [0, 0.1) is 13.8 Å². The fourth-order valence-corrected chi connectivity index (χ4v) is 3.94. The zero-order chi connectivity index (χ0) is 21.1. The highest BCUT2D eigenvalue weighted by atomic mass is 79.9. The maximum atomic E-state index is 12.5. The van der Waals surface area contributed by atoms with Gasteiger partial charge in [-0.3, -0.25) is 4.79 Å². The average Bonchev–Trinajstić information content (AvgIpc) is 2.94. The summed E-state index contributed by atoms with van der Waals surface area (Å²) >= 11 is 15.6. The number of methoxy groups -OCH3 is 1. The number of nitrogens with zero attached hydrogens (tertiary/aromatic N) is 2. The first-order valence-corrected chi connectivity index (χ1v) is 10.2. The lowest BCUT2D eigenvalue weighted by molar-refractivity contribution is 0.0952. The van der Waals surface area contributed by atoms with Crippen molar-refractivity contribution in [2.75, 3.05) is 7.11 Å². The van der Waals surface area contributed by atoms with E-state index >= 15 is 0 Å². The van der Waals surface area contributed by atoms with Crippen molar-refractivity contribution >= 4 is 51.3 Å². The second-order valence-electron chi connectivity index (χ2n) is 6.33. The summed E-state index contributed by atoms with van der Waals surface area (Å²) in [5.41, 5.74) is 6.58. The predicted octanol–water partition coefficient (Wildman–Crippen LogP) is 5.94. The molecule has 0 saturated heterocycles. The van der Waals surface area contributed by atoms with E-state index in [-0.39, 0.29) is 5.91 Å². The number of rotatable bonds is 5. The molecular weight excluding hydrogens is 477 g/mol. The van der Waals surface area contributed by atoms with Crippen LogP contribution in [0.5, 0.6) is 5.75 Å². The lowest BCUT2D eigenvalue weighted by Gasteiger charge is -2.10. The molecule has 0 saturated carbocycles. The van der Waals surface area contributed by atoms with E-state index in [1.54, 1.807) is 30.5 Å². The molecule has 0 unspecified atom stereocenters. The summed E-state index contributed by atoms with van der Waals surface area (Å²) in [6, 6.07) is 12.5. The first-order chi connectivity index (χ1) is 13.8. The Labute approximate surface area is 187 Å². The number of halogens is 3. The van der Waals surface area contributed by atoms with E-state index in [4.69, 9.17) is 27.9 Å². The summed E-state index contributed by atoms with van der Waals surface area (Å²) in [6.07, 6.45) is 1.60. The molecule has 1 N–H and O–H groups in total. The minimum absolute atomic E-state index is 0.366. The van der Waals surface area contributed by atoms with Crippen LogP contribution in [0.3, 0.4) is 0 Å². The monoisotopic (exact) mass is 493 g/mol. The number of hydrazone groups is 1. The van der Waals surface area contributed by atoms with Gasteiger partial charge in [0.05, 0.1) is 18.9 Å². The van der Waals surface area contributed by atoms with Crippen LogP contribution in [0.2, 0.25) is 10.0 Å². The number of carbonyl (C=O) groups excluding carboxylic acids is 1. The molecule has 8 heteroatoms. The van der Waals surface area contributed by atoms with Crippen molar-refractivity contribution in [2.24, 2.45) is 5.10 Å². The third-order valence-electron chi connectivity index (χ3n) is 4.35. The van der Waals surface area contributed by atoms with E-state index in [0.29, 0.717) is 21.4 Å². The summed E-state index contributed by atoms with van der Waals surface area (Å²) in [7, 11) is 1.51. The normalized spacial score (nSPS) is 11.1. The quantitative estimate of drug-likeness (QED) is 0.352. The van der Waals surface area contributed by atoms with E-state index in [1.807, 2.05) is 36.6 Å². The highest BCUT2D eigenvalue weighted by Gasteiger charge is 2.13. The molecule has 0 radical (unpaired) electrons.